The molecule has 0 aliphatic carbocycles. The van der Waals surface area contributed by atoms with Gasteiger partial charge in [-0.3, -0.25) is 4.79 Å². The SMILES string of the molecule is CCOc1ccc(-c2ccc(/C=C/c3nc(-c4ccc(Cl)cc4Cl)cn3CC(=O)NCc3ccc(C(=O)O)cc3)cc2)cc1. The molecule has 0 atom stereocenters. The highest BCUT2D eigenvalue weighted by Gasteiger charge is 2.14. The Morgan fingerprint density at radius 2 is 1.59 bits per heavy atom. The number of halogens is 2. The number of carbonyl (C=O) groups excluding carboxylic acids is 1. The molecule has 0 saturated carbocycles. The van der Waals surface area contributed by atoms with Crippen molar-refractivity contribution in [3.05, 3.63) is 130 Å². The van der Waals surface area contributed by atoms with Gasteiger partial charge in [-0.05, 0) is 77.7 Å². The van der Waals surface area contributed by atoms with Gasteiger partial charge >= 0.3 is 5.97 Å². The van der Waals surface area contributed by atoms with Crippen LogP contribution in [0, 0.1) is 0 Å². The molecule has 5 aromatic rings. The van der Waals surface area contributed by atoms with Gasteiger partial charge in [-0.25, -0.2) is 9.78 Å². The maximum absolute atomic E-state index is 12.9. The van der Waals surface area contributed by atoms with Crippen LogP contribution in [0.1, 0.15) is 34.2 Å². The Kier molecular flexibility index (Phi) is 9.79. The molecule has 222 valence electrons. The van der Waals surface area contributed by atoms with Crippen LogP contribution in [-0.2, 0) is 17.9 Å². The monoisotopic (exact) mass is 625 g/mol. The number of carboxylic acids is 1. The van der Waals surface area contributed by atoms with Crippen LogP contribution < -0.4 is 10.1 Å². The minimum atomic E-state index is -0.999. The first-order chi connectivity index (χ1) is 21.3. The molecule has 0 saturated heterocycles. The van der Waals surface area contributed by atoms with E-state index in [1.54, 1.807) is 41.1 Å². The molecule has 44 heavy (non-hydrogen) atoms. The normalized spacial score (nSPS) is 11.1. The van der Waals surface area contributed by atoms with Crippen molar-refractivity contribution < 1.29 is 19.4 Å². The van der Waals surface area contributed by atoms with Gasteiger partial charge in [-0.15, -0.1) is 0 Å². The number of benzene rings is 4. The minimum Gasteiger partial charge on any atom is -0.494 e. The van der Waals surface area contributed by atoms with Crippen molar-refractivity contribution in [2.24, 2.45) is 0 Å². The molecule has 0 bridgehead atoms. The van der Waals surface area contributed by atoms with Crippen LogP contribution in [0.15, 0.2) is 97.2 Å². The van der Waals surface area contributed by atoms with Crippen molar-refractivity contribution in [2.75, 3.05) is 6.61 Å². The molecule has 0 aliphatic rings. The van der Waals surface area contributed by atoms with Gasteiger partial charge in [-0.2, -0.15) is 0 Å². The fraction of sp³-hybridized carbons (Fsp3) is 0.114. The van der Waals surface area contributed by atoms with E-state index < -0.39 is 5.97 Å². The standard InChI is InChI=1S/C35H29Cl2N3O4/c1-2-44-29-15-12-26(13-16-29)25-8-3-23(4-9-25)7-18-33-39-32(30-17-14-28(36)19-31(30)37)21-40(33)22-34(41)38-20-24-5-10-27(11-6-24)35(42)43/h3-19,21H,2,20,22H2,1H3,(H,38,41)(H,42,43)/b18-7+. The number of hydrogen-bond acceptors (Lipinski definition) is 4. The largest absolute Gasteiger partial charge is 0.494 e. The number of aromatic carboxylic acids is 1. The Morgan fingerprint density at radius 3 is 2.23 bits per heavy atom. The molecule has 0 unspecified atom stereocenters. The summed E-state index contributed by atoms with van der Waals surface area (Å²) < 4.78 is 7.29. The molecule has 0 aliphatic heterocycles. The third kappa shape index (κ3) is 7.75. The lowest BCUT2D eigenvalue weighted by Gasteiger charge is -2.08. The molecule has 2 N–H and O–H groups in total. The fourth-order valence-electron chi connectivity index (χ4n) is 4.56. The molecule has 1 aromatic heterocycles. The first-order valence-electron chi connectivity index (χ1n) is 13.9. The molecule has 5 rings (SSSR count). The van der Waals surface area contributed by atoms with E-state index in [2.05, 4.69) is 17.4 Å². The second-order valence-electron chi connectivity index (χ2n) is 9.93. The van der Waals surface area contributed by atoms with Gasteiger partial charge in [0, 0.05) is 23.3 Å². The first-order valence-corrected chi connectivity index (χ1v) is 14.7. The average molecular weight is 627 g/mol. The smallest absolute Gasteiger partial charge is 0.335 e. The summed E-state index contributed by atoms with van der Waals surface area (Å²) in [5.41, 5.74) is 5.42. The lowest BCUT2D eigenvalue weighted by atomic mass is 10.0. The van der Waals surface area contributed by atoms with Gasteiger partial charge in [0.15, 0.2) is 0 Å². The van der Waals surface area contributed by atoms with Crippen LogP contribution in [0.25, 0.3) is 34.5 Å². The molecule has 0 spiro atoms. The first kappa shape index (κ1) is 30.6. The van der Waals surface area contributed by atoms with Gasteiger partial charge in [-0.1, -0.05) is 77.8 Å². The van der Waals surface area contributed by atoms with Crippen molar-refractivity contribution in [2.45, 2.75) is 20.0 Å². The molecule has 1 amide bonds. The Labute approximate surface area is 265 Å². The fourth-order valence-corrected chi connectivity index (χ4v) is 5.07. The summed E-state index contributed by atoms with van der Waals surface area (Å²) in [7, 11) is 0. The van der Waals surface area contributed by atoms with Crippen LogP contribution >= 0.6 is 23.2 Å². The van der Waals surface area contributed by atoms with Crippen molar-refractivity contribution in [3.8, 4) is 28.1 Å². The molecular formula is C35H29Cl2N3O4. The van der Waals surface area contributed by atoms with Crippen molar-refractivity contribution in [1.82, 2.24) is 14.9 Å². The average Bonchev–Trinajstić information content (AvgIpc) is 3.41. The number of carbonyl (C=O) groups is 2. The number of nitrogens with one attached hydrogen (secondary N) is 1. The second kappa shape index (κ2) is 14.1. The lowest BCUT2D eigenvalue weighted by Crippen LogP contribution is -2.27. The number of carboxylic acid groups (broad SMARTS) is 1. The number of ether oxygens (including phenoxy) is 1. The lowest BCUT2D eigenvalue weighted by molar-refractivity contribution is -0.121. The zero-order chi connectivity index (χ0) is 31.1. The number of nitrogens with zero attached hydrogens (tertiary/aromatic N) is 2. The minimum absolute atomic E-state index is 0.0156. The van der Waals surface area contributed by atoms with E-state index in [0.717, 1.165) is 28.0 Å². The third-order valence-electron chi connectivity index (χ3n) is 6.85. The van der Waals surface area contributed by atoms with E-state index in [1.807, 2.05) is 55.5 Å². The summed E-state index contributed by atoms with van der Waals surface area (Å²) in [6.45, 7) is 2.86. The topological polar surface area (TPSA) is 93.5 Å². The molecule has 7 nitrogen and oxygen atoms in total. The van der Waals surface area contributed by atoms with Crippen molar-refractivity contribution >= 4 is 47.2 Å². The summed E-state index contributed by atoms with van der Waals surface area (Å²) in [4.78, 5) is 28.8. The quantitative estimate of drug-likeness (QED) is 0.155. The second-order valence-corrected chi connectivity index (χ2v) is 10.8. The van der Waals surface area contributed by atoms with Crippen molar-refractivity contribution in [1.29, 1.82) is 0 Å². The van der Waals surface area contributed by atoms with Gasteiger partial charge in [0.25, 0.3) is 0 Å². The molecule has 4 aromatic carbocycles. The highest BCUT2D eigenvalue weighted by molar-refractivity contribution is 6.36. The number of hydrogen-bond donors (Lipinski definition) is 2. The highest BCUT2D eigenvalue weighted by atomic mass is 35.5. The Hall–Kier alpha value is -4.85. The van der Waals surface area contributed by atoms with Crippen LogP contribution in [0.5, 0.6) is 5.75 Å². The van der Waals surface area contributed by atoms with E-state index in [-0.39, 0.29) is 24.6 Å². The maximum Gasteiger partial charge on any atom is 0.335 e. The number of aromatic nitrogens is 2. The van der Waals surface area contributed by atoms with E-state index in [1.165, 1.54) is 12.1 Å². The highest BCUT2D eigenvalue weighted by Crippen LogP contribution is 2.30. The van der Waals surface area contributed by atoms with Gasteiger partial charge < -0.3 is 19.7 Å². The van der Waals surface area contributed by atoms with Crippen LogP contribution in [0.4, 0.5) is 0 Å². The molecule has 1 heterocycles. The Morgan fingerprint density at radius 1 is 0.909 bits per heavy atom. The van der Waals surface area contributed by atoms with Crippen LogP contribution in [0.2, 0.25) is 10.0 Å². The van der Waals surface area contributed by atoms with E-state index >= 15 is 0 Å². The van der Waals surface area contributed by atoms with Crippen LogP contribution in [-0.4, -0.2) is 33.1 Å². The Bertz CT molecular complexity index is 1800. The zero-order valence-electron chi connectivity index (χ0n) is 23.8. The predicted molar refractivity (Wildman–Crippen MR) is 175 cm³/mol. The van der Waals surface area contributed by atoms with E-state index in [4.69, 9.17) is 38.0 Å². The van der Waals surface area contributed by atoms with Gasteiger partial charge in [0.1, 0.15) is 18.1 Å². The number of rotatable bonds is 11. The summed E-state index contributed by atoms with van der Waals surface area (Å²) in [5, 5.41) is 13.0. The van der Waals surface area contributed by atoms with E-state index in [0.29, 0.717) is 33.7 Å². The number of amides is 1. The number of imidazole rings is 1. The molecule has 0 radical (unpaired) electrons. The predicted octanol–water partition coefficient (Wildman–Crippen LogP) is 8.11. The zero-order valence-corrected chi connectivity index (χ0v) is 25.3. The Balaban J connectivity index is 1.34. The molecule has 0 fully saturated rings. The third-order valence-corrected chi connectivity index (χ3v) is 7.40. The molecular weight excluding hydrogens is 597 g/mol. The summed E-state index contributed by atoms with van der Waals surface area (Å²) >= 11 is 12.6. The summed E-state index contributed by atoms with van der Waals surface area (Å²) in [6, 6.07) is 27.7. The molecule has 9 heteroatoms. The van der Waals surface area contributed by atoms with Gasteiger partial charge in [0.2, 0.25) is 5.91 Å². The van der Waals surface area contributed by atoms with Crippen LogP contribution in [0.3, 0.4) is 0 Å². The summed E-state index contributed by atoms with van der Waals surface area (Å²) in [5.74, 6) is 0.186. The van der Waals surface area contributed by atoms with Crippen molar-refractivity contribution in [3.63, 3.8) is 0 Å². The van der Waals surface area contributed by atoms with E-state index in [9.17, 15) is 9.59 Å². The van der Waals surface area contributed by atoms with Gasteiger partial charge in [0.05, 0.1) is 22.9 Å². The summed E-state index contributed by atoms with van der Waals surface area (Å²) in [6.07, 6.45) is 5.58. The maximum atomic E-state index is 12.9.